The van der Waals surface area contributed by atoms with Gasteiger partial charge in [0.25, 0.3) is 0 Å². The van der Waals surface area contributed by atoms with Gasteiger partial charge in [0.15, 0.2) is 17.3 Å². The van der Waals surface area contributed by atoms with Crippen LogP contribution in [-0.2, 0) is 4.74 Å². The Balaban J connectivity index is 2.32. The monoisotopic (exact) mass is 497 g/mol. The lowest BCUT2D eigenvalue weighted by Gasteiger charge is -2.42. The van der Waals surface area contributed by atoms with E-state index in [1.54, 1.807) is 6.07 Å². The van der Waals surface area contributed by atoms with Gasteiger partial charge in [-0.15, -0.1) is 0 Å². The summed E-state index contributed by atoms with van der Waals surface area (Å²) in [6.07, 6.45) is 4.92. The van der Waals surface area contributed by atoms with Crippen molar-refractivity contribution in [2.75, 3.05) is 30.1 Å². The van der Waals surface area contributed by atoms with Crippen molar-refractivity contribution in [2.24, 2.45) is 0 Å². The highest BCUT2D eigenvalue weighted by atomic mass is 35.5. The molecule has 0 amide bonds. The van der Waals surface area contributed by atoms with E-state index >= 15 is 8.78 Å². The molecule has 2 N–H and O–H groups in total. The minimum absolute atomic E-state index is 0.0775. The molecule has 2 aromatic heterocycles. The first-order chi connectivity index (χ1) is 15.8. The van der Waals surface area contributed by atoms with E-state index in [1.807, 2.05) is 12.3 Å². The highest BCUT2D eigenvalue weighted by Gasteiger charge is 2.29. The van der Waals surface area contributed by atoms with Crippen molar-refractivity contribution in [3.8, 4) is 11.3 Å². The number of pyridine rings is 1. The first-order valence-electron chi connectivity index (χ1n) is 11.1. The van der Waals surface area contributed by atoms with Gasteiger partial charge in [-0.05, 0) is 48.7 Å². The maximum atomic E-state index is 16.1. The van der Waals surface area contributed by atoms with Crippen LogP contribution in [0.25, 0.3) is 22.2 Å². The van der Waals surface area contributed by atoms with E-state index in [4.69, 9.17) is 17.3 Å². The summed E-state index contributed by atoms with van der Waals surface area (Å²) in [6.45, 7) is 6.43. The molecule has 1 aromatic carbocycles. The highest BCUT2D eigenvalue weighted by molar-refractivity contribution is 8.32. The SMILES string of the molecule is CCCS(CCC)(CCC)n1ccc2ccc(-c3nc(C(=O)OC)c(Cl)c(N)c3F)c(F)c21. The van der Waals surface area contributed by atoms with Crippen LogP contribution in [0.5, 0.6) is 0 Å². The Hall–Kier alpha value is -2.32. The van der Waals surface area contributed by atoms with Crippen LogP contribution >= 0.6 is 21.8 Å². The number of carbonyl (C=O) groups excluding carboxylic acids is 1. The minimum Gasteiger partial charge on any atom is -0.464 e. The van der Waals surface area contributed by atoms with E-state index in [9.17, 15) is 4.79 Å². The van der Waals surface area contributed by atoms with Gasteiger partial charge in [0.05, 0.1) is 23.3 Å². The second kappa shape index (κ2) is 10.3. The molecule has 33 heavy (non-hydrogen) atoms. The summed E-state index contributed by atoms with van der Waals surface area (Å²) < 4.78 is 38.0. The van der Waals surface area contributed by atoms with Crippen LogP contribution in [0.3, 0.4) is 0 Å². The fraction of sp³-hybridized carbons (Fsp3) is 0.417. The first kappa shape index (κ1) is 25.3. The Morgan fingerprint density at radius 3 is 2.24 bits per heavy atom. The zero-order chi connectivity index (χ0) is 24.3. The molecule has 3 aromatic rings. The third-order valence-electron chi connectivity index (χ3n) is 5.67. The number of carbonyl (C=O) groups is 1. The lowest BCUT2D eigenvalue weighted by molar-refractivity contribution is 0.0594. The summed E-state index contributed by atoms with van der Waals surface area (Å²) in [6, 6.07) is 5.09. The van der Waals surface area contributed by atoms with Crippen LogP contribution in [0.4, 0.5) is 14.5 Å². The smallest absolute Gasteiger partial charge is 0.358 e. The molecule has 0 fully saturated rings. The standard InChI is InChI=1S/C24H30ClF2N3O2S/c1-5-12-33(13-6-2,14-7-3)30-11-10-15-8-9-16(18(26)23(15)30)21-19(27)20(28)17(25)22(29-21)24(31)32-4/h8-11H,5-7,12-14H2,1-4H3,(H2,28,29). The number of nitrogens with two attached hydrogens (primary N) is 1. The lowest BCUT2D eigenvalue weighted by Crippen LogP contribution is -2.21. The number of benzene rings is 1. The zero-order valence-electron chi connectivity index (χ0n) is 19.4. The second-order valence-electron chi connectivity index (χ2n) is 7.96. The molecule has 0 spiro atoms. The Morgan fingerprint density at radius 1 is 1.09 bits per heavy atom. The third-order valence-corrected chi connectivity index (χ3v) is 10.7. The molecular formula is C24H30ClF2N3O2S. The van der Waals surface area contributed by atoms with E-state index < -0.39 is 33.5 Å². The Kier molecular flexibility index (Phi) is 7.90. The molecule has 0 saturated carbocycles. The van der Waals surface area contributed by atoms with Gasteiger partial charge in [0, 0.05) is 17.1 Å². The maximum absolute atomic E-state index is 16.1. The van der Waals surface area contributed by atoms with Gasteiger partial charge in [0.2, 0.25) is 0 Å². The van der Waals surface area contributed by atoms with Gasteiger partial charge in [0.1, 0.15) is 5.69 Å². The van der Waals surface area contributed by atoms with Gasteiger partial charge in [-0.25, -0.2) is 18.6 Å². The summed E-state index contributed by atoms with van der Waals surface area (Å²) in [4.78, 5) is 16.1. The van der Waals surface area contributed by atoms with Gasteiger partial charge in [-0.2, -0.15) is 10.2 Å². The molecule has 2 heterocycles. The van der Waals surface area contributed by atoms with Crippen molar-refractivity contribution in [3.05, 3.63) is 46.7 Å². The lowest BCUT2D eigenvalue weighted by atomic mass is 10.1. The van der Waals surface area contributed by atoms with E-state index in [2.05, 4.69) is 34.5 Å². The predicted molar refractivity (Wildman–Crippen MR) is 134 cm³/mol. The van der Waals surface area contributed by atoms with Crippen LogP contribution in [0, 0.1) is 11.6 Å². The van der Waals surface area contributed by atoms with Crippen molar-refractivity contribution in [1.29, 1.82) is 0 Å². The summed E-state index contributed by atoms with van der Waals surface area (Å²) in [5.41, 5.74) is 4.94. The average Bonchev–Trinajstić information content (AvgIpc) is 3.24. The number of esters is 1. The van der Waals surface area contributed by atoms with Crippen LogP contribution in [0.15, 0.2) is 24.4 Å². The molecule has 0 aliphatic heterocycles. The Labute approximate surface area is 199 Å². The molecule has 180 valence electrons. The number of ether oxygens (including phenoxy) is 1. The van der Waals surface area contributed by atoms with Crippen molar-refractivity contribution in [3.63, 3.8) is 0 Å². The molecule has 0 aliphatic rings. The normalized spacial score (nSPS) is 12.3. The largest absolute Gasteiger partial charge is 0.464 e. The van der Waals surface area contributed by atoms with Crippen molar-refractivity contribution < 1.29 is 18.3 Å². The molecule has 5 nitrogen and oxygen atoms in total. The van der Waals surface area contributed by atoms with Gasteiger partial charge >= 0.3 is 5.97 Å². The van der Waals surface area contributed by atoms with Crippen LogP contribution in [-0.4, -0.2) is 39.3 Å². The van der Waals surface area contributed by atoms with Crippen LogP contribution in [0.2, 0.25) is 5.02 Å². The van der Waals surface area contributed by atoms with E-state index in [-0.39, 0.29) is 22.0 Å². The maximum Gasteiger partial charge on any atom is 0.358 e. The molecular weight excluding hydrogens is 468 g/mol. The number of fused-ring (bicyclic) bond motifs is 1. The molecule has 3 rings (SSSR count). The number of halogens is 3. The topological polar surface area (TPSA) is 70.1 Å². The number of anilines is 1. The number of nitrogen functional groups attached to an aromatic ring is 1. The molecule has 0 atom stereocenters. The average molecular weight is 498 g/mol. The highest BCUT2D eigenvalue weighted by Crippen LogP contribution is 2.53. The fourth-order valence-electron chi connectivity index (χ4n) is 4.38. The number of aromatic nitrogens is 2. The summed E-state index contributed by atoms with van der Waals surface area (Å²) in [5, 5.41) is 0.372. The number of hydrogen-bond donors (Lipinski definition) is 1. The van der Waals surface area contributed by atoms with E-state index in [0.29, 0.717) is 5.52 Å². The summed E-state index contributed by atoms with van der Waals surface area (Å²) in [7, 11) is -0.189. The number of rotatable bonds is 9. The van der Waals surface area contributed by atoms with Gasteiger partial charge in [-0.3, -0.25) is 0 Å². The summed E-state index contributed by atoms with van der Waals surface area (Å²) >= 11 is 6.02. The molecule has 0 aliphatic carbocycles. The Morgan fingerprint density at radius 2 is 1.70 bits per heavy atom. The Bertz CT molecular complexity index is 1170. The van der Waals surface area contributed by atoms with Crippen LogP contribution < -0.4 is 5.73 Å². The fourth-order valence-corrected chi connectivity index (χ4v) is 8.96. The van der Waals surface area contributed by atoms with Crippen LogP contribution in [0.1, 0.15) is 50.5 Å². The summed E-state index contributed by atoms with van der Waals surface area (Å²) in [5.74, 6) is 0.495. The van der Waals surface area contributed by atoms with Gasteiger partial charge in [-0.1, -0.05) is 38.4 Å². The number of methoxy groups -OCH3 is 1. The molecule has 0 saturated heterocycles. The van der Waals surface area contributed by atoms with E-state index in [1.165, 1.54) is 6.07 Å². The molecule has 0 radical (unpaired) electrons. The first-order valence-corrected chi connectivity index (χ1v) is 13.5. The number of nitrogens with zero attached hydrogens (tertiary/aromatic N) is 2. The second-order valence-corrected chi connectivity index (χ2v) is 12.0. The van der Waals surface area contributed by atoms with Crippen molar-refractivity contribution in [1.82, 2.24) is 8.96 Å². The van der Waals surface area contributed by atoms with E-state index in [0.717, 1.165) is 49.0 Å². The predicted octanol–water partition coefficient (Wildman–Crippen LogP) is 6.80. The molecule has 0 unspecified atom stereocenters. The minimum atomic E-state index is -1.34. The number of hydrogen-bond acceptors (Lipinski definition) is 4. The zero-order valence-corrected chi connectivity index (χ0v) is 21.0. The quantitative estimate of drug-likeness (QED) is 0.330. The van der Waals surface area contributed by atoms with Crippen molar-refractivity contribution in [2.45, 2.75) is 40.0 Å². The third kappa shape index (κ3) is 4.43. The molecule has 0 bridgehead atoms. The van der Waals surface area contributed by atoms with Crippen molar-refractivity contribution >= 4 is 44.4 Å². The van der Waals surface area contributed by atoms with Gasteiger partial charge < -0.3 is 14.4 Å². The molecule has 9 heteroatoms.